The zero-order chi connectivity index (χ0) is 5.41. The van der Waals surface area contributed by atoms with Crippen molar-refractivity contribution in [2.75, 3.05) is 20.4 Å². The first-order valence-corrected chi connectivity index (χ1v) is 1.89. The molecular weight excluding hydrogens is 106 g/mol. The van der Waals surface area contributed by atoms with Crippen LogP contribution in [0.2, 0.25) is 0 Å². The predicted molar refractivity (Wildman–Crippen MR) is 24.8 cm³/mol. The molecule has 6 heavy (non-hydrogen) atoms. The van der Waals surface area contributed by atoms with Crippen molar-refractivity contribution in [1.82, 2.24) is 0 Å². The van der Waals surface area contributed by atoms with Crippen molar-refractivity contribution in [3.05, 3.63) is 0 Å². The topological polar surface area (TPSA) is 9.23 Å². The Labute approximate surface area is 42.1 Å². The smallest absolute Gasteiger partial charge is 0.163 e. The summed E-state index contributed by atoms with van der Waals surface area (Å²) in [5, 5.41) is 0. The van der Waals surface area contributed by atoms with Gasteiger partial charge in [0.2, 0.25) is 0 Å². The standard InChI is InChI=1S/C2H6O.CH2ClF/c1-3-2;2-1-3/h1-2H3;1H2. The van der Waals surface area contributed by atoms with Crippen molar-refractivity contribution in [1.29, 1.82) is 0 Å². The Balaban J connectivity index is 0. The van der Waals surface area contributed by atoms with E-state index >= 15 is 0 Å². The molecule has 0 aromatic rings. The number of ether oxygens (including phenoxy) is 1. The second-order valence-corrected chi connectivity index (χ2v) is 0.711. The molecule has 3 heteroatoms. The summed E-state index contributed by atoms with van der Waals surface area (Å²) in [4.78, 5) is 0. The number of hydrogen-bond donors (Lipinski definition) is 0. The summed E-state index contributed by atoms with van der Waals surface area (Å²) in [6.07, 6.45) is -0.778. The van der Waals surface area contributed by atoms with E-state index in [2.05, 4.69) is 16.3 Å². The van der Waals surface area contributed by atoms with E-state index in [1.807, 2.05) is 0 Å². The van der Waals surface area contributed by atoms with Gasteiger partial charge in [0.25, 0.3) is 0 Å². The van der Waals surface area contributed by atoms with Crippen LogP contribution in [0, 0.1) is 0 Å². The van der Waals surface area contributed by atoms with E-state index in [0.717, 1.165) is 0 Å². The molecule has 0 aliphatic carbocycles. The predicted octanol–water partition coefficient (Wildman–Crippen LogP) is 1.41. The van der Waals surface area contributed by atoms with Crippen LogP contribution in [0.5, 0.6) is 0 Å². The van der Waals surface area contributed by atoms with Crippen LogP contribution in [0.25, 0.3) is 0 Å². The van der Waals surface area contributed by atoms with Gasteiger partial charge in [-0.15, -0.1) is 0 Å². The van der Waals surface area contributed by atoms with Gasteiger partial charge in [-0.05, 0) is 0 Å². The maximum absolute atomic E-state index is 10.1. The third-order valence-corrected chi connectivity index (χ3v) is 0. The molecule has 0 bridgehead atoms. The lowest BCUT2D eigenvalue weighted by Crippen LogP contribution is -1.55. The molecule has 0 saturated carbocycles. The molecule has 0 saturated heterocycles. The van der Waals surface area contributed by atoms with Gasteiger partial charge in [-0.25, -0.2) is 4.39 Å². The molecule has 0 aromatic heterocycles. The fraction of sp³-hybridized carbons (Fsp3) is 1.00. The molecule has 0 radical (unpaired) electrons. The quantitative estimate of drug-likeness (QED) is 0.433. The van der Waals surface area contributed by atoms with E-state index in [0.29, 0.717) is 0 Å². The third kappa shape index (κ3) is 1300. The van der Waals surface area contributed by atoms with Crippen LogP contribution >= 0.6 is 11.6 Å². The number of rotatable bonds is 0. The maximum atomic E-state index is 10.1. The summed E-state index contributed by atoms with van der Waals surface area (Å²) in [5.74, 6) is 0. The van der Waals surface area contributed by atoms with E-state index < -0.39 is 6.13 Å². The Kier molecular flexibility index (Phi) is 30.1. The monoisotopic (exact) mass is 114 g/mol. The normalized spacial score (nSPS) is 6.00. The second-order valence-electron chi connectivity index (χ2n) is 0.509. The molecule has 0 heterocycles. The minimum Gasteiger partial charge on any atom is -0.388 e. The van der Waals surface area contributed by atoms with Crippen molar-refractivity contribution in [3.8, 4) is 0 Å². The molecule has 0 amide bonds. The molecule has 0 aliphatic heterocycles. The van der Waals surface area contributed by atoms with Gasteiger partial charge in [-0.2, -0.15) is 0 Å². The van der Waals surface area contributed by atoms with Gasteiger partial charge in [0, 0.05) is 14.2 Å². The summed E-state index contributed by atoms with van der Waals surface area (Å²) in [6, 6.07) is 0. The van der Waals surface area contributed by atoms with E-state index in [1.54, 1.807) is 14.2 Å². The van der Waals surface area contributed by atoms with Crippen LogP contribution in [-0.4, -0.2) is 20.4 Å². The summed E-state index contributed by atoms with van der Waals surface area (Å²) < 4.78 is 14.3. The molecular formula is C3H8ClFO. The average Bonchev–Trinajstić information content (AvgIpc) is 1.39. The minimum absolute atomic E-state index is 0.778. The first-order chi connectivity index (χ1) is 2.83. The second kappa shape index (κ2) is 19.0. The summed E-state index contributed by atoms with van der Waals surface area (Å²) >= 11 is 4.33. The highest BCUT2D eigenvalue weighted by Gasteiger charge is 1.43. The zero-order valence-electron chi connectivity index (χ0n) is 3.87. The minimum atomic E-state index is -0.778. The molecule has 0 atom stereocenters. The highest BCUT2D eigenvalue weighted by Crippen LogP contribution is 1.65. The van der Waals surface area contributed by atoms with E-state index in [4.69, 9.17) is 0 Å². The molecule has 0 aromatic carbocycles. The molecule has 0 rings (SSSR count). The van der Waals surface area contributed by atoms with E-state index in [-0.39, 0.29) is 0 Å². The van der Waals surface area contributed by atoms with Crippen LogP contribution < -0.4 is 0 Å². The van der Waals surface area contributed by atoms with Crippen molar-refractivity contribution < 1.29 is 9.13 Å². The maximum Gasteiger partial charge on any atom is 0.163 e. The fourth-order valence-corrected chi connectivity index (χ4v) is 0. The highest BCUT2D eigenvalue weighted by atomic mass is 35.5. The molecule has 0 fully saturated rings. The van der Waals surface area contributed by atoms with Crippen LogP contribution in [0.15, 0.2) is 0 Å². The third-order valence-electron chi connectivity index (χ3n) is 0. The van der Waals surface area contributed by atoms with Crippen molar-refractivity contribution >= 4 is 11.6 Å². The highest BCUT2D eigenvalue weighted by molar-refractivity contribution is 6.16. The van der Waals surface area contributed by atoms with Crippen molar-refractivity contribution in [2.24, 2.45) is 0 Å². The number of hydrogen-bond acceptors (Lipinski definition) is 1. The molecule has 0 unspecified atom stereocenters. The Morgan fingerprint density at radius 3 is 1.67 bits per heavy atom. The summed E-state index contributed by atoms with van der Waals surface area (Å²) in [6.45, 7) is 0. The van der Waals surface area contributed by atoms with Gasteiger partial charge in [0.05, 0.1) is 0 Å². The number of methoxy groups -OCH3 is 1. The number of alkyl halides is 2. The average molecular weight is 115 g/mol. The summed E-state index contributed by atoms with van der Waals surface area (Å²) in [5.41, 5.74) is 0. The van der Waals surface area contributed by atoms with E-state index in [9.17, 15) is 4.39 Å². The summed E-state index contributed by atoms with van der Waals surface area (Å²) in [7, 11) is 3.25. The Bertz CT molecular complexity index is 12.8. The largest absolute Gasteiger partial charge is 0.388 e. The molecule has 40 valence electrons. The molecule has 0 aliphatic rings. The van der Waals surface area contributed by atoms with Gasteiger partial charge in [-0.3, -0.25) is 0 Å². The lowest BCUT2D eigenvalue weighted by atomic mass is 11.6. The van der Waals surface area contributed by atoms with Gasteiger partial charge >= 0.3 is 0 Å². The fourth-order valence-electron chi connectivity index (χ4n) is 0. The molecule has 0 spiro atoms. The van der Waals surface area contributed by atoms with Crippen molar-refractivity contribution in [2.45, 2.75) is 0 Å². The van der Waals surface area contributed by atoms with Gasteiger partial charge < -0.3 is 4.74 Å². The Morgan fingerprint density at radius 1 is 1.67 bits per heavy atom. The van der Waals surface area contributed by atoms with Crippen LogP contribution in [0.4, 0.5) is 4.39 Å². The van der Waals surface area contributed by atoms with E-state index in [1.165, 1.54) is 0 Å². The Hall–Kier alpha value is 0.180. The lowest BCUT2D eigenvalue weighted by Gasteiger charge is -1.61. The van der Waals surface area contributed by atoms with Crippen LogP contribution in [0.1, 0.15) is 0 Å². The molecule has 1 nitrogen and oxygen atoms in total. The molecule has 0 N–H and O–H groups in total. The van der Waals surface area contributed by atoms with Crippen LogP contribution in [-0.2, 0) is 4.74 Å². The lowest BCUT2D eigenvalue weighted by molar-refractivity contribution is 0.277. The van der Waals surface area contributed by atoms with Gasteiger partial charge in [0.1, 0.15) is 0 Å². The number of halogens is 2. The first kappa shape index (κ1) is 9.49. The van der Waals surface area contributed by atoms with Gasteiger partial charge in [0.15, 0.2) is 6.13 Å². The zero-order valence-corrected chi connectivity index (χ0v) is 4.63. The SMILES string of the molecule is COC.FCCl. The van der Waals surface area contributed by atoms with Gasteiger partial charge in [-0.1, -0.05) is 11.6 Å². The first-order valence-electron chi connectivity index (χ1n) is 1.35. The van der Waals surface area contributed by atoms with Crippen LogP contribution in [0.3, 0.4) is 0 Å². The van der Waals surface area contributed by atoms with Crippen molar-refractivity contribution in [3.63, 3.8) is 0 Å². The Morgan fingerprint density at radius 2 is 1.67 bits per heavy atom.